The third kappa shape index (κ3) is 6.79. The van der Waals surface area contributed by atoms with E-state index < -0.39 is 47.2 Å². The summed E-state index contributed by atoms with van der Waals surface area (Å²) < 4.78 is 17.6. The number of nitrogens with zero attached hydrogens (tertiary/aromatic N) is 1. The first kappa shape index (κ1) is 37.0. The smallest absolute Gasteiger partial charge is 0.407 e. The van der Waals surface area contributed by atoms with Crippen LogP contribution in [-0.2, 0) is 30.9 Å². The summed E-state index contributed by atoms with van der Waals surface area (Å²) in [4.78, 5) is 46.8. The average Bonchev–Trinajstić information content (AvgIpc) is 3.69. The fourth-order valence-electron chi connectivity index (χ4n) is 8.16. The predicted molar refractivity (Wildman–Crippen MR) is 208 cm³/mol. The number of amides is 2. The van der Waals surface area contributed by atoms with Gasteiger partial charge in [-0.15, -0.1) is 6.58 Å². The van der Waals surface area contributed by atoms with Crippen molar-refractivity contribution in [1.82, 2.24) is 15.2 Å². The van der Waals surface area contributed by atoms with Crippen molar-refractivity contribution in [1.29, 1.82) is 0 Å². The number of esters is 1. The lowest BCUT2D eigenvalue weighted by atomic mass is 9.84. The summed E-state index contributed by atoms with van der Waals surface area (Å²) in [6, 6.07) is 17.7. The largest absolute Gasteiger partial charge is 0.483 e. The molecule has 3 heterocycles. The summed E-state index contributed by atoms with van der Waals surface area (Å²) >= 11 is 0. The number of benzene rings is 3. The molecule has 282 valence electrons. The number of hydrogen-bond donors (Lipinski definition) is 3. The second-order valence-electron chi connectivity index (χ2n) is 15.5. The highest BCUT2D eigenvalue weighted by atomic mass is 16.5. The molecule has 1 fully saturated rings. The van der Waals surface area contributed by atoms with Crippen LogP contribution in [0.1, 0.15) is 81.3 Å². The number of aliphatic hydroxyl groups excluding tert-OH is 1. The number of likely N-dealkylation sites (tertiary alicyclic amines) is 1. The Morgan fingerprint density at radius 2 is 1.76 bits per heavy atom. The number of aliphatic hydroxyl groups is 1. The normalized spacial score (nSPS) is 19.3. The molecule has 1 saturated heterocycles. The fourth-order valence-corrected chi connectivity index (χ4v) is 8.16. The first-order valence-electron chi connectivity index (χ1n) is 18.8. The molecule has 3 aromatic carbocycles. The van der Waals surface area contributed by atoms with Gasteiger partial charge in [-0.05, 0) is 85.7 Å². The van der Waals surface area contributed by atoms with E-state index in [0.29, 0.717) is 12.8 Å². The Hall–Kier alpha value is -5.35. The summed E-state index contributed by atoms with van der Waals surface area (Å²) in [5.74, 6) is -0.641. The Labute approximate surface area is 316 Å². The first-order valence-corrected chi connectivity index (χ1v) is 18.8. The van der Waals surface area contributed by atoms with E-state index in [-0.39, 0.29) is 32.1 Å². The highest BCUT2D eigenvalue weighted by Gasteiger charge is 2.43. The maximum atomic E-state index is 14.8. The molecule has 1 aliphatic carbocycles. The minimum Gasteiger partial charge on any atom is -0.483 e. The van der Waals surface area contributed by atoms with Gasteiger partial charge in [0.15, 0.2) is 6.04 Å². The van der Waals surface area contributed by atoms with Crippen LogP contribution in [-0.4, -0.2) is 76.5 Å². The van der Waals surface area contributed by atoms with Crippen LogP contribution < -0.4 is 10.1 Å². The van der Waals surface area contributed by atoms with Crippen LogP contribution in [0.15, 0.2) is 79.4 Å². The maximum Gasteiger partial charge on any atom is 0.407 e. The number of carbonyl (C=O) groups is 3. The molecule has 0 spiro atoms. The quantitative estimate of drug-likeness (QED) is 0.116. The molecule has 0 bridgehead atoms. The Bertz CT molecular complexity index is 2100. The second kappa shape index (κ2) is 14.5. The van der Waals surface area contributed by atoms with Crippen LogP contribution in [0.2, 0.25) is 0 Å². The molecule has 2 amide bonds. The van der Waals surface area contributed by atoms with Crippen molar-refractivity contribution in [3.05, 3.63) is 107 Å². The number of ether oxygens (including phenoxy) is 3. The van der Waals surface area contributed by atoms with E-state index >= 15 is 0 Å². The van der Waals surface area contributed by atoms with Crippen LogP contribution in [0.4, 0.5) is 4.79 Å². The third-order valence-corrected chi connectivity index (χ3v) is 11.0. The zero-order valence-corrected chi connectivity index (χ0v) is 31.6. The van der Waals surface area contributed by atoms with Gasteiger partial charge in [-0.3, -0.25) is 4.79 Å². The number of fused-ring (bicyclic) bond motifs is 6. The monoisotopic (exact) mass is 731 g/mol. The number of carbonyl (C=O) groups excluding carboxylic acids is 3. The molecule has 7 rings (SSSR count). The lowest BCUT2D eigenvalue weighted by Crippen LogP contribution is -2.60. The van der Waals surface area contributed by atoms with E-state index in [1.807, 2.05) is 94.5 Å². The number of aromatic amines is 1. The predicted octanol–water partition coefficient (Wildman–Crippen LogP) is 7.18. The van der Waals surface area contributed by atoms with E-state index in [4.69, 9.17) is 14.2 Å². The molecule has 10 nitrogen and oxygen atoms in total. The van der Waals surface area contributed by atoms with Crippen LogP contribution in [0, 0.1) is 0 Å². The highest BCUT2D eigenvalue weighted by molar-refractivity contribution is 5.96. The number of hydrogen-bond acceptors (Lipinski definition) is 7. The molecular weight excluding hydrogens is 682 g/mol. The molecule has 3 aliphatic rings. The summed E-state index contributed by atoms with van der Waals surface area (Å²) in [5, 5.41) is 14.8. The average molecular weight is 732 g/mol. The van der Waals surface area contributed by atoms with Gasteiger partial charge in [0.05, 0.1) is 18.2 Å². The molecular formula is C44H49N3O7. The van der Waals surface area contributed by atoms with Gasteiger partial charge in [-0.1, -0.05) is 68.5 Å². The Kier molecular flexibility index (Phi) is 9.91. The lowest BCUT2D eigenvalue weighted by molar-refractivity contribution is -0.163. The van der Waals surface area contributed by atoms with Crippen LogP contribution in [0.25, 0.3) is 28.1 Å². The molecule has 54 heavy (non-hydrogen) atoms. The van der Waals surface area contributed by atoms with E-state index in [1.54, 1.807) is 6.92 Å². The standard InChI is InChI=1S/C44H49N3O7/c1-7-43(3,4)39-32(30-19-20-36-31(37(30)46-39)21-22-44(5,6)54-36)24-34(40(49)47-23-13-18-35(48)38(47)41(50)52-8-2)45-42(51)53-25-33-28-16-11-9-14-26(28)27-15-10-12-17-29(27)33/h7,9-12,14-17,19-22,33-35,38,46,48H,1,8,13,18,23-25H2,2-6H3,(H,45,51)/t34?,35-,38+/m1/s1. The van der Waals surface area contributed by atoms with Gasteiger partial charge < -0.3 is 34.5 Å². The number of H-pyrrole nitrogens is 1. The summed E-state index contributed by atoms with van der Waals surface area (Å²) in [7, 11) is 0. The number of nitrogens with one attached hydrogen (secondary N) is 2. The topological polar surface area (TPSA) is 130 Å². The van der Waals surface area contributed by atoms with Crippen molar-refractivity contribution in [2.24, 2.45) is 0 Å². The van der Waals surface area contributed by atoms with E-state index in [9.17, 15) is 19.5 Å². The van der Waals surface area contributed by atoms with Crippen LogP contribution in [0.5, 0.6) is 5.75 Å². The van der Waals surface area contributed by atoms with Crippen LogP contribution >= 0.6 is 0 Å². The third-order valence-electron chi connectivity index (χ3n) is 11.0. The van der Waals surface area contributed by atoms with Crippen molar-refractivity contribution >= 4 is 34.9 Å². The number of allylic oxidation sites excluding steroid dienone is 1. The molecule has 0 saturated carbocycles. The maximum absolute atomic E-state index is 14.8. The summed E-state index contributed by atoms with van der Waals surface area (Å²) in [6.45, 7) is 14.2. The SMILES string of the molecule is C=CC(C)(C)c1[nH]c2c3c(ccc2c1CC(NC(=O)OCC1c2ccccc2-c2ccccc21)C(=O)N1CCC[C@@H](O)[C@H]1C(=O)OCC)OC(C)(C)C=C3. The number of piperidine rings is 1. The first-order chi connectivity index (χ1) is 25.8. The molecule has 2 aliphatic heterocycles. The van der Waals surface area contributed by atoms with E-state index in [2.05, 4.69) is 29.0 Å². The molecule has 3 N–H and O–H groups in total. The van der Waals surface area contributed by atoms with E-state index in [1.165, 1.54) is 4.90 Å². The second-order valence-corrected chi connectivity index (χ2v) is 15.5. The molecule has 10 heteroatoms. The Balaban J connectivity index is 1.25. The van der Waals surface area contributed by atoms with Gasteiger partial charge in [0.1, 0.15) is 24.0 Å². The minimum atomic E-state index is -1.21. The van der Waals surface area contributed by atoms with E-state index in [0.717, 1.165) is 55.7 Å². The number of rotatable bonds is 10. The van der Waals surface area contributed by atoms with Crippen molar-refractivity contribution < 1.29 is 33.7 Å². The molecule has 0 radical (unpaired) electrons. The molecule has 1 aromatic heterocycles. The number of alkyl carbamates (subject to hydrolysis) is 1. The molecule has 4 aromatic rings. The molecule has 3 atom stereocenters. The van der Waals surface area contributed by atoms with Gasteiger partial charge in [0.25, 0.3) is 0 Å². The lowest BCUT2D eigenvalue weighted by Gasteiger charge is -2.39. The van der Waals surface area contributed by atoms with Crippen LogP contribution in [0.3, 0.4) is 0 Å². The Morgan fingerprint density at radius 3 is 2.43 bits per heavy atom. The number of aromatic nitrogens is 1. The van der Waals surface area contributed by atoms with Gasteiger partial charge in [0.2, 0.25) is 5.91 Å². The zero-order chi connectivity index (χ0) is 38.4. The minimum absolute atomic E-state index is 0.0608. The molecule has 1 unspecified atom stereocenters. The van der Waals surface area contributed by atoms with Crippen molar-refractivity contribution in [2.75, 3.05) is 19.8 Å². The van der Waals surface area contributed by atoms with Gasteiger partial charge in [-0.2, -0.15) is 0 Å². The summed E-state index contributed by atoms with van der Waals surface area (Å²) in [5.41, 5.74) is 6.65. The van der Waals surface area contributed by atoms with Crippen molar-refractivity contribution in [2.45, 2.75) is 89.0 Å². The Morgan fingerprint density at radius 1 is 1.07 bits per heavy atom. The highest BCUT2D eigenvalue weighted by Crippen LogP contribution is 2.45. The van der Waals surface area contributed by atoms with Gasteiger partial charge >= 0.3 is 12.1 Å². The van der Waals surface area contributed by atoms with Crippen molar-refractivity contribution in [3.63, 3.8) is 0 Å². The summed E-state index contributed by atoms with van der Waals surface area (Å²) in [6.07, 6.45) is 4.91. The fraction of sp³-hybridized carbons (Fsp3) is 0.386. The van der Waals surface area contributed by atoms with Crippen molar-refractivity contribution in [3.8, 4) is 16.9 Å². The van der Waals surface area contributed by atoms with Gasteiger partial charge in [0, 0.05) is 40.9 Å². The van der Waals surface area contributed by atoms with Gasteiger partial charge in [-0.25, -0.2) is 9.59 Å². The zero-order valence-electron chi connectivity index (χ0n) is 31.6.